The van der Waals surface area contributed by atoms with Crippen molar-refractivity contribution >= 4 is 11.7 Å². The molecule has 7 heteroatoms. The molecule has 2 aromatic rings. The van der Waals surface area contributed by atoms with Crippen LogP contribution in [0.3, 0.4) is 0 Å². The molecule has 1 aliphatic rings. The first-order chi connectivity index (χ1) is 12.9. The van der Waals surface area contributed by atoms with Gasteiger partial charge in [-0.15, -0.1) is 10.2 Å². The first kappa shape index (κ1) is 19.2. The number of amides is 1. The van der Waals surface area contributed by atoms with Crippen molar-refractivity contribution in [1.29, 1.82) is 0 Å². The van der Waals surface area contributed by atoms with Gasteiger partial charge in [0.05, 0.1) is 6.54 Å². The molecule has 0 aliphatic carbocycles. The van der Waals surface area contributed by atoms with Crippen molar-refractivity contribution in [3.63, 3.8) is 0 Å². The molecule has 27 heavy (non-hydrogen) atoms. The van der Waals surface area contributed by atoms with Crippen molar-refractivity contribution in [2.24, 2.45) is 7.05 Å². The summed E-state index contributed by atoms with van der Waals surface area (Å²) in [6.45, 7) is 3.59. The first-order valence-corrected chi connectivity index (χ1v) is 9.30. The second-order valence-corrected chi connectivity index (χ2v) is 7.50. The average Bonchev–Trinajstić information content (AvgIpc) is 3.01. The summed E-state index contributed by atoms with van der Waals surface area (Å²) < 4.78 is 2.05. The molecule has 1 fully saturated rings. The predicted octanol–water partition coefficient (Wildman–Crippen LogP) is 2.10. The van der Waals surface area contributed by atoms with Gasteiger partial charge in [-0.05, 0) is 46.0 Å². The summed E-state index contributed by atoms with van der Waals surface area (Å²) >= 11 is 0. The molecule has 0 saturated carbocycles. The van der Waals surface area contributed by atoms with Gasteiger partial charge in [-0.2, -0.15) is 0 Å². The Hall–Kier alpha value is -2.54. The van der Waals surface area contributed by atoms with Gasteiger partial charge < -0.3 is 14.4 Å². The molecule has 0 N–H and O–H groups in total. The van der Waals surface area contributed by atoms with Crippen molar-refractivity contribution in [3.05, 3.63) is 47.0 Å². The molecule has 1 aromatic carbocycles. The third-order valence-corrected chi connectivity index (χ3v) is 5.05. The van der Waals surface area contributed by atoms with E-state index in [1.165, 1.54) is 6.92 Å². The summed E-state index contributed by atoms with van der Waals surface area (Å²) in [7, 11) is 6.00. The average molecular weight is 369 g/mol. The Bertz CT molecular complexity index is 843. The summed E-state index contributed by atoms with van der Waals surface area (Å²) in [5.74, 6) is 1.97. The Balaban J connectivity index is 1.76. The monoisotopic (exact) mass is 369 g/mol. The number of benzene rings is 1. The topological polar surface area (TPSA) is 71.3 Å². The Morgan fingerprint density at radius 3 is 2.67 bits per heavy atom. The summed E-state index contributed by atoms with van der Waals surface area (Å²) in [5, 5.41) is 8.72. The zero-order chi connectivity index (χ0) is 19.6. The fourth-order valence-corrected chi connectivity index (χ4v) is 3.58. The summed E-state index contributed by atoms with van der Waals surface area (Å²) in [6.07, 6.45) is 1.92. The van der Waals surface area contributed by atoms with Crippen LogP contribution < -0.4 is 0 Å². The van der Waals surface area contributed by atoms with Gasteiger partial charge in [-0.1, -0.05) is 12.1 Å². The van der Waals surface area contributed by atoms with E-state index in [1.807, 2.05) is 26.0 Å². The third kappa shape index (κ3) is 4.24. The summed E-state index contributed by atoms with van der Waals surface area (Å²) in [4.78, 5) is 28.5. The quantitative estimate of drug-likeness (QED) is 0.755. The van der Waals surface area contributed by atoms with Crippen molar-refractivity contribution in [1.82, 2.24) is 24.6 Å². The van der Waals surface area contributed by atoms with Crippen molar-refractivity contribution in [3.8, 4) is 0 Å². The minimum absolute atomic E-state index is 0.0292. The lowest BCUT2D eigenvalue weighted by Crippen LogP contribution is -2.39. The van der Waals surface area contributed by atoms with Crippen LogP contribution in [0.1, 0.15) is 58.0 Å². The van der Waals surface area contributed by atoms with E-state index >= 15 is 0 Å². The van der Waals surface area contributed by atoms with Gasteiger partial charge in [-0.25, -0.2) is 0 Å². The van der Waals surface area contributed by atoms with Gasteiger partial charge in [-0.3, -0.25) is 9.59 Å². The van der Waals surface area contributed by atoms with E-state index in [0.717, 1.165) is 37.6 Å². The highest BCUT2D eigenvalue weighted by Gasteiger charge is 2.29. The molecule has 7 nitrogen and oxygen atoms in total. The van der Waals surface area contributed by atoms with Crippen LogP contribution in [-0.4, -0.2) is 63.4 Å². The van der Waals surface area contributed by atoms with E-state index in [9.17, 15) is 9.59 Å². The number of hydrogen-bond acceptors (Lipinski definition) is 5. The first-order valence-electron chi connectivity index (χ1n) is 9.30. The van der Waals surface area contributed by atoms with Gasteiger partial charge in [0, 0.05) is 37.2 Å². The number of likely N-dealkylation sites (tertiary alicyclic amines) is 1. The molecular formula is C20H27N5O2. The number of hydrogen-bond donors (Lipinski definition) is 0. The normalized spacial score (nSPS) is 17.4. The molecule has 1 atom stereocenters. The standard InChI is InChI=1S/C20H27N5O2/c1-14(26)15-7-5-8-16(11-15)20(27)25-10-6-9-17(12-25)19-22-21-18(24(19)4)13-23(2)3/h5,7-8,11,17H,6,9-10,12-13H2,1-4H3. The van der Waals surface area contributed by atoms with Crippen LogP contribution in [-0.2, 0) is 13.6 Å². The smallest absolute Gasteiger partial charge is 0.253 e. The van der Waals surface area contributed by atoms with Gasteiger partial charge in [0.2, 0.25) is 0 Å². The van der Waals surface area contributed by atoms with Crippen LogP contribution in [0.5, 0.6) is 0 Å². The molecule has 2 heterocycles. The highest BCUT2D eigenvalue weighted by molar-refractivity contribution is 5.99. The van der Waals surface area contributed by atoms with Crippen LogP contribution in [0.4, 0.5) is 0 Å². The van der Waals surface area contributed by atoms with Crippen molar-refractivity contribution in [2.45, 2.75) is 32.2 Å². The minimum atomic E-state index is -0.0336. The minimum Gasteiger partial charge on any atom is -0.338 e. The van der Waals surface area contributed by atoms with Gasteiger partial charge >= 0.3 is 0 Å². The lowest BCUT2D eigenvalue weighted by Gasteiger charge is -2.32. The molecule has 0 radical (unpaired) electrons. The van der Waals surface area contributed by atoms with E-state index in [0.29, 0.717) is 17.7 Å². The van der Waals surface area contributed by atoms with Gasteiger partial charge in [0.25, 0.3) is 5.91 Å². The molecular weight excluding hydrogens is 342 g/mol. The Kier molecular flexibility index (Phi) is 5.70. The molecule has 1 aromatic heterocycles. The number of rotatable bonds is 5. The maximum atomic E-state index is 13.0. The number of Topliss-reactive ketones (excluding diaryl/α,β-unsaturated/α-hetero) is 1. The largest absolute Gasteiger partial charge is 0.338 e. The SMILES string of the molecule is CC(=O)c1cccc(C(=O)N2CCCC(c3nnc(CN(C)C)n3C)C2)c1. The number of ketones is 1. The summed E-state index contributed by atoms with van der Waals surface area (Å²) in [6, 6.07) is 6.97. The molecule has 0 bridgehead atoms. The van der Waals surface area contributed by atoms with Crippen molar-refractivity contribution < 1.29 is 9.59 Å². The van der Waals surface area contributed by atoms with E-state index in [4.69, 9.17) is 0 Å². The fraction of sp³-hybridized carbons (Fsp3) is 0.500. The molecule has 144 valence electrons. The lowest BCUT2D eigenvalue weighted by molar-refractivity contribution is 0.0703. The number of piperidine rings is 1. The highest BCUT2D eigenvalue weighted by Crippen LogP contribution is 2.27. The van der Waals surface area contributed by atoms with E-state index in [1.54, 1.807) is 24.3 Å². The maximum Gasteiger partial charge on any atom is 0.253 e. The predicted molar refractivity (Wildman–Crippen MR) is 103 cm³/mol. The number of aromatic nitrogens is 3. The Morgan fingerprint density at radius 2 is 1.96 bits per heavy atom. The van der Waals surface area contributed by atoms with Gasteiger partial charge in [0.15, 0.2) is 5.78 Å². The van der Waals surface area contributed by atoms with Crippen LogP contribution in [0, 0.1) is 0 Å². The lowest BCUT2D eigenvalue weighted by atomic mass is 9.96. The molecule has 1 amide bonds. The Morgan fingerprint density at radius 1 is 1.22 bits per heavy atom. The van der Waals surface area contributed by atoms with E-state index in [-0.39, 0.29) is 17.6 Å². The molecule has 1 saturated heterocycles. The third-order valence-electron chi connectivity index (χ3n) is 5.05. The molecule has 3 rings (SSSR count). The number of nitrogens with zero attached hydrogens (tertiary/aromatic N) is 5. The second-order valence-electron chi connectivity index (χ2n) is 7.50. The number of carbonyl (C=O) groups is 2. The Labute approximate surface area is 160 Å². The molecule has 0 spiro atoms. The van der Waals surface area contributed by atoms with Crippen LogP contribution in [0.15, 0.2) is 24.3 Å². The highest BCUT2D eigenvalue weighted by atomic mass is 16.2. The van der Waals surface area contributed by atoms with E-state index < -0.39 is 0 Å². The van der Waals surface area contributed by atoms with E-state index in [2.05, 4.69) is 19.7 Å². The van der Waals surface area contributed by atoms with Crippen LogP contribution >= 0.6 is 0 Å². The zero-order valence-corrected chi connectivity index (χ0v) is 16.5. The molecule has 1 aliphatic heterocycles. The fourth-order valence-electron chi connectivity index (χ4n) is 3.58. The summed E-state index contributed by atoms with van der Waals surface area (Å²) in [5.41, 5.74) is 1.13. The van der Waals surface area contributed by atoms with Gasteiger partial charge in [0.1, 0.15) is 11.6 Å². The number of carbonyl (C=O) groups excluding carboxylic acids is 2. The van der Waals surface area contributed by atoms with Crippen LogP contribution in [0.2, 0.25) is 0 Å². The zero-order valence-electron chi connectivity index (χ0n) is 16.5. The second kappa shape index (κ2) is 8.00. The van der Waals surface area contributed by atoms with Crippen LogP contribution in [0.25, 0.3) is 0 Å². The molecule has 1 unspecified atom stereocenters. The van der Waals surface area contributed by atoms with Crippen molar-refractivity contribution in [2.75, 3.05) is 27.2 Å². The maximum absolute atomic E-state index is 13.0.